The minimum Gasteiger partial charge on any atom is -0.481 e. The first-order valence-corrected chi connectivity index (χ1v) is 8.34. The van der Waals surface area contributed by atoms with Crippen molar-refractivity contribution < 1.29 is 14.1 Å². The number of nitrogens with zero attached hydrogens (tertiary/aromatic N) is 6. The highest BCUT2D eigenvalue weighted by Gasteiger charge is 2.22. The van der Waals surface area contributed by atoms with Crippen molar-refractivity contribution in [3.8, 4) is 5.88 Å². The summed E-state index contributed by atoms with van der Waals surface area (Å²) in [5, 5.41) is 3.75. The highest BCUT2D eigenvalue weighted by Crippen LogP contribution is 2.15. The van der Waals surface area contributed by atoms with Crippen molar-refractivity contribution in [1.29, 1.82) is 0 Å². The van der Waals surface area contributed by atoms with Gasteiger partial charge in [-0.2, -0.15) is 9.97 Å². The van der Waals surface area contributed by atoms with E-state index >= 15 is 0 Å². The number of amides is 1. The summed E-state index contributed by atoms with van der Waals surface area (Å²) in [7, 11) is 1.58. The lowest BCUT2D eigenvalue weighted by Gasteiger charge is -2.34. The lowest BCUT2D eigenvalue weighted by molar-refractivity contribution is -0.131. The number of hydrogen-bond acceptors (Lipinski definition) is 8. The molecule has 1 aliphatic heterocycles. The van der Waals surface area contributed by atoms with E-state index in [0.717, 1.165) is 0 Å². The molecule has 9 heteroatoms. The summed E-state index contributed by atoms with van der Waals surface area (Å²) >= 11 is 0. The van der Waals surface area contributed by atoms with E-state index in [1.54, 1.807) is 26.3 Å². The van der Waals surface area contributed by atoms with E-state index < -0.39 is 0 Å². The second-order valence-electron chi connectivity index (χ2n) is 5.86. The molecule has 0 saturated carbocycles. The Kier molecular flexibility index (Phi) is 5.42. The first kappa shape index (κ1) is 17.1. The molecule has 0 unspecified atom stereocenters. The van der Waals surface area contributed by atoms with Gasteiger partial charge in [-0.3, -0.25) is 4.79 Å². The number of anilines is 1. The van der Waals surface area contributed by atoms with Gasteiger partial charge in [-0.05, 0) is 13.3 Å². The Morgan fingerprint density at radius 3 is 2.76 bits per heavy atom. The maximum atomic E-state index is 12.3. The van der Waals surface area contributed by atoms with E-state index in [2.05, 4.69) is 25.0 Å². The van der Waals surface area contributed by atoms with Crippen LogP contribution < -0.4 is 9.64 Å². The predicted molar refractivity (Wildman–Crippen MR) is 89.4 cm³/mol. The summed E-state index contributed by atoms with van der Waals surface area (Å²) in [6.07, 6.45) is 3.50. The summed E-state index contributed by atoms with van der Waals surface area (Å²) in [5.74, 6) is 2.54. The number of rotatable bonds is 6. The standard InChI is InChI=1S/C16H22N6O3/c1-12-18-14(25-20-12)4-3-5-15(23)21-8-10-22(11-9-21)16-17-7-6-13(19-16)24-2/h6-7H,3-5,8-11H2,1-2H3. The van der Waals surface area contributed by atoms with Crippen LogP contribution in [0, 0.1) is 6.92 Å². The molecule has 1 amide bonds. The third kappa shape index (κ3) is 4.43. The van der Waals surface area contributed by atoms with E-state index in [1.807, 2.05) is 4.90 Å². The molecule has 0 spiro atoms. The van der Waals surface area contributed by atoms with Crippen molar-refractivity contribution in [1.82, 2.24) is 25.0 Å². The molecule has 2 aromatic rings. The number of ether oxygens (including phenoxy) is 1. The van der Waals surface area contributed by atoms with Crippen LogP contribution >= 0.6 is 0 Å². The molecule has 0 bridgehead atoms. The van der Waals surface area contributed by atoms with E-state index in [4.69, 9.17) is 9.26 Å². The Balaban J connectivity index is 1.44. The second-order valence-corrected chi connectivity index (χ2v) is 5.86. The van der Waals surface area contributed by atoms with Crippen LogP contribution in [0.2, 0.25) is 0 Å². The molecule has 3 heterocycles. The van der Waals surface area contributed by atoms with Crippen molar-refractivity contribution in [2.24, 2.45) is 0 Å². The van der Waals surface area contributed by atoms with E-state index in [9.17, 15) is 4.79 Å². The van der Waals surface area contributed by atoms with E-state index in [0.29, 0.717) is 69.0 Å². The summed E-state index contributed by atoms with van der Waals surface area (Å²) in [6, 6.07) is 1.72. The molecule has 3 rings (SSSR count). The van der Waals surface area contributed by atoms with Crippen molar-refractivity contribution in [2.45, 2.75) is 26.2 Å². The molecule has 0 atom stereocenters. The van der Waals surface area contributed by atoms with Gasteiger partial charge in [0.1, 0.15) is 0 Å². The zero-order chi connectivity index (χ0) is 17.6. The van der Waals surface area contributed by atoms with Gasteiger partial charge in [-0.15, -0.1) is 0 Å². The van der Waals surface area contributed by atoms with Gasteiger partial charge in [-0.25, -0.2) is 4.98 Å². The molecular formula is C16H22N6O3. The molecule has 1 aliphatic rings. The predicted octanol–water partition coefficient (Wildman–Crippen LogP) is 0.848. The average molecular weight is 346 g/mol. The minimum absolute atomic E-state index is 0.155. The number of aromatic nitrogens is 4. The molecule has 134 valence electrons. The maximum absolute atomic E-state index is 12.3. The quantitative estimate of drug-likeness (QED) is 0.759. The number of aryl methyl sites for hydroxylation is 2. The van der Waals surface area contributed by atoms with Crippen LogP contribution in [0.5, 0.6) is 5.88 Å². The largest absolute Gasteiger partial charge is 0.481 e. The first-order valence-electron chi connectivity index (χ1n) is 8.34. The summed E-state index contributed by atoms with van der Waals surface area (Å²) < 4.78 is 10.2. The SMILES string of the molecule is COc1ccnc(N2CCN(C(=O)CCCc3nc(C)no3)CC2)n1. The van der Waals surface area contributed by atoms with Crippen LogP contribution in [0.4, 0.5) is 5.95 Å². The van der Waals surface area contributed by atoms with Gasteiger partial charge in [-0.1, -0.05) is 5.16 Å². The normalized spacial score (nSPS) is 14.6. The molecule has 0 aromatic carbocycles. The summed E-state index contributed by atoms with van der Waals surface area (Å²) in [4.78, 5) is 29.0. The molecule has 0 N–H and O–H groups in total. The fourth-order valence-electron chi connectivity index (χ4n) is 2.74. The highest BCUT2D eigenvalue weighted by molar-refractivity contribution is 5.76. The summed E-state index contributed by atoms with van der Waals surface area (Å²) in [5.41, 5.74) is 0. The van der Waals surface area contributed by atoms with Crippen LogP contribution in [-0.2, 0) is 11.2 Å². The molecule has 1 saturated heterocycles. The number of piperazine rings is 1. The zero-order valence-corrected chi connectivity index (χ0v) is 14.5. The lowest BCUT2D eigenvalue weighted by Crippen LogP contribution is -2.49. The number of carbonyl (C=O) groups excluding carboxylic acids is 1. The Hall–Kier alpha value is -2.71. The van der Waals surface area contributed by atoms with Crippen molar-refractivity contribution in [2.75, 3.05) is 38.2 Å². The maximum Gasteiger partial charge on any atom is 0.228 e. The smallest absolute Gasteiger partial charge is 0.228 e. The number of hydrogen-bond donors (Lipinski definition) is 0. The van der Waals surface area contributed by atoms with Gasteiger partial charge in [0.05, 0.1) is 7.11 Å². The Labute approximate surface area is 146 Å². The second kappa shape index (κ2) is 7.91. The van der Waals surface area contributed by atoms with Crippen molar-refractivity contribution >= 4 is 11.9 Å². The third-order valence-electron chi connectivity index (χ3n) is 4.09. The summed E-state index contributed by atoms with van der Waals surface area (Å²) in [6.45, 7) is 4.53. The number of methoxy groups -OCH3 is 1. The van der Waals surface area contributed by atoms with Gasteiger partial charge in [0, 0.05) is 51.3 Å². The van der Waals surface area contributed by atoms with Gasteiger partial charge < -0.3 is 19.1 Å². The molecular weight excluding hydrogens is 324 g/mol. The Morgan fingerprint density at radius 1 is 1.28 bits per heavy atom. The van der Waals surface area contributed by atoms with E-state index in [-0.39, 0.29) is 5.91 Å². The van der Waals surface area contributed by atoms with Gasteiger partial charge in [0.15, 0.2) is 5.82 Å². The van der Waals surface area contributed by atoms with Crippen LogP contribution in [0.15, 0.2) is 16.8 Å². The first-order chi connectivity index (χ1) is 12.2. The molecule has 2 aromatic heterocycles. The monoisotopic (exact) mass is 346 g/mol. The molecule has 0 radical (unpaired) electrons. The fraction of sp³-hybridized carbons (Fsp3) is 0.562. The Bertz CT molecular complexity index is 711. The highest BCUT2D eigenvalue weighted by atomic mass is 16.5. The van der Waals surface area contributed by atoms with Crippen LogP contribution in [0.3, 0.4) is 0 Å². The average Bonchev–Trinajstić information content (AvgIpc) is 3.07. The third-order valence-corrected chi connectivity index (χ3v) is 4.09. The zero-order valence-electron chi connectivity index (χ0n) is 14.5. The van der Waals surface area contributed by atoms with Crippen LogP contribution in [0.1, 0.15) is 24.6 Å². The Morgan fingerprint density at radius 2 is 2.08 bits per heavy atom. The number of carbonyl (C=O) groups is 1. The lowest BCUT2D eigenvalue weighted by atomic mass is 10.2. The molecule has 9 nitrogen and oxygen atoms in total. The molecule has 25 heavy (non-hydrogen) atoms. The van der Waals surface area contributed by atoms with Crippen LogP contribution in [0.25, 0.3) is 0 Å². The fourth-order valence-corrected chi connectivity index (χ4v) is 2.74. The topological polar surface area (TPSA) is 97.5 Å². The van der Waals surface area contributed by atoms with Crippen molar-refractivity contribution in [3.63, 3.8) is 0 Å². The van der Waals surface area contributed by atoms with Gasteiger partial charge in [0.2, 0.25) is 23.6 Å². The van der Waals surface area contributed by atoms with Crippen LogP contribution in [-0.4, -0.2) is 64.2 Å². The van der Waals surface area contributed by atoms with Gasteiger partial charge >= 0.3 is 0 Å². The van der Waals surface area contributed by atoms with Crippen molar-refractivity contribution in [3.05, 3.63) is 24.0 Å². The van der Waals surface area contributed by atoms with Gasteiger partial charge in [0.25, 0.3) is 0 Å². The molecule has 1 fully saturated rings. The van der Waals surface area contributed by atoms with E-state index in [1.165, 1.54) is 0 Å². The minimum atomic E-state index is 0.155. The molecule has 0 aliphatic carbocycles.